The summed E-state index contributed by atoms with van der Waals surface area (Å²) in [5.74, 6) is 0.973. The van der Waals surface area contributed by atoms with Crippen molar-refractivity contribution >= 4 is 5.69 Å². The predicted octanol–water partition coefficient (Wildman–Crippen LogP) is 2.45. The van der Waals surface area contributed by atoms with Crippen molar-refractivity contribution in [3.8, 4) is 5.75 Å². The van der Waals surface area contributed by atoms with Gasteiger partial charge in [-0.3, -0.25) is 0 Å². The summed E-state index contributed by atoms with van der Waals surface area (Å²) < 4.78 is 10.9. The second-order valence-corrected chi connectivity index (χ2v) is 4.82. The fourth-order valence-electron chi connectivity index (χ4n) is 2.38. The molecule has 2 saturated heterocycles. The van der Waals surface area contributed by atoms with Gasteiger partial charge in [0.2, 0.25) is 0 Å². The highest BCUT2D eigenvalue weighted by Crippen LogP contribution is 2.25. The zero-order chi connectivity index (χ0) is 11.5. The molecule has 2 aliphatic heterocycles. The monoisotopic (exact) mass is 233 g/mol. The molecule has 0 saturated carbocycles. The van der Waals surface area contributed by atoms with Crippen molar-refractivity contribution in [2.45, 2.75) is 25.4 Å². The molecular weight excluding hydrogens is 214 g/mol. The van der Waals surface area contributed by atoms with E-state index in [2.05, 4.69) is 23.1 Å². The lowest BCUT2D eigenvalue weighted by Gasteiger charge is -2.30. The average Bonchev–Trinajstić information content (AvgIpc) is 2.35. The molecule has 0 bridgehead atoms. The Labute approximate surface area is 102 Å². The van der Waals surface area contributed by atoms with E-state index in [-0.39, 0.29) is 6.10 Å². The average molecular weight is 233 g/mol. The summed E-state index contributed by atoms with van der Waals surface area (Å²) in [6, 6.07) is 8.45. The van der Waals surface area contributed by atoms with Crippen molar-refractivity contribution in [2.75, 3.05) is 31.2 Å². The molecule has 1 aromatic carbocycles. The van der Waals surface area contributed by atoms with Crippen LogP contribution in [0.15, 0.2) is 24.3 Å². The third-order valence-corrected chi connectivity index (χ3v) is 3.45. The SMILES string of the molecule is c1cc(OC2COC2)cc(N2CCCCC2)c1. The maximum atomic E-state index is 5.83. The second-order valence-electron chi connectivity index (χ2n) is 4.82. The van der Waals surface area contributed by atoms with Gasteiger partial charge in [-0.05, 0) is 31.4 Å². The van der Waals surface area contributed by atoms with Crippen molar-refractivity contribution in [3.63, 3.8) is 0 Å². The molecule has 0 N–H and O–H groups in total. The molecule has 1 aromatic rings. The Morgan fingerprint density at radius 3 is 2.65 bits per heavy atom. The van der Waals surface area contributed by atoms with Gasteiger partial charge in [0.1, 0.15) is 11.9 Å². The molecule has 0 amide bonds. The Kier molecular flexibility index (Phi) is 3.18. The first-order chi connectivity index (χ1) is 8.42. The molecule has 0 spiro atoms. The highest BCUT2D eigenvalue weighted by molar-refractivity contribution is 5.51. The molecule has 2 aliphatic rings. The molecule has 0 aliphatic carbocycles. The molecule has 0 aromatic heterocycles. The number of hydrogen-bond acceptors (Lipinski definition) is 3. The normalized spacial score (nSPS) is 21.1. The van der Waals surface area contributed by atoms with Crippen molar-refractivity contribution in [3.05, 3.63) is 24.3 Å². The van der Waals surface area contributed by atoms with Crippen LogP contribution >= 0.6 is 0 Å². The van der Waals surface area contributed by atoms with E-state index >= 15 is 0 Å². The largest absolute Gasteiger partial charge is 0.486 e. The number of benzene rings is 1. The van der Waals surface area contributed by atoms with Crippen LogP contribution in [0.1, 0.15) is 19.3 Å². The lowest BCUT2D eigenvalue weighted by molar-refractivity contribution is -0.0796. The van der Waals surface area contributed by atoms with Gasteiger partial charge < -0.3 is 14.4 Å². The summed E-state index contributed by atoms with van der Waals surface area (Å²) in [4.78, 5) is 2.45. The minimum Gasteiger partial charge on any atom is -0.486 e. The summed E-state index contributed by atoms with van der Waals surface area (Å²) in [7, 11) is 0. The topological polar surface area (TPSA) is 21.7 Å². The number of hydrogen-bond donors (Lipinski definition) is 0. The molecule has 0 atom stereocenters. The van der Waals surface area contributed by atoms with E-state index in [9.17, 15) is 0 Å². The molecule has 3 nitrogen and oxygen atoms in total. The van der Waals surface area contributed by atoms with Crippen LogP contribution in [-0.4, -0.2) is 32.4 Å². The number of nitrogens with zero attached hydrogens (tertiary/aromatic N) is 1. The zero-order valence-electron chi connectivity index (χ0n) is 10.1. The fourth-order valence-corrected chi connectivity index (χ4v) is 2.38. The highest BCUT2D eigenvalue weighted by atomic mass is 16.6. The summed E-state index contributed by atoms with van der Waals surface area (Å²) in [6.45, 7) is 3.81. The van der Waals surface area contributed by atoms with Crippen molar-refractivity contribution in [2.24, 2.45) is 0 Å². The zero-order valence-corrected chi connectivity index (χ0v) is 10.1. The molecule has 0 radical (unpaired) electrons. The van der Waals surface area contributed by atoms with Crippen LogP contribution in [0.3, 0.4) is 0 Å². The van der Waals surface area contributed by atoms with Crippen LogP contribution in [0.2, 0.25) is 0 Å². The van der Waals surface area contributed by atoms with E-state index in [0.717, 1.165) is 19.0 Å². The van der Waals surface area contributed by atoms with Crippen LogP contribution in [-0.2, 0) is 4.74 Å². The maximum Gasteiger partial charge on any atom is 0.145 e. The third-order valence-electron chi connectivity index (χ3n) is 3.45. The van der Waals surface area contributed by atoms with E-state index in [0.29, 0.717) is 0 Å². The van der Waals surface area contributed by atoms with Crippen molar-refractivity contribution in [1.29, 1.82) is 0 Å². The maximum absolute atomic E-state index is 5.83. The summed E-state index contributed by atoms with van der Waals surface area (Å²) in [5, 5.41) is 0. The molecule has 17 heavy (non-hydrogen) atoms. The van der Waals surface area contributed by atoms with Crippen LogP contribution in [0.5, 0.6) is 5.75 Å². The van der Waals surface area contributed by atoms with Gasteiger partial charge in [0.05, 0.1) is 13.2 Å². The number of anilines is 1. The van der Waals surface area contributed by atoms with Gasteiger partial charge in [-0.2, -0.15) is 0 Å². The lowest BCUT2D eigenvalue weighted by Crippen LogP contribution is -2.38. The molecule has 3 heteroatoms. The van der Waals surface area contributed by atoms with Gasteiger partial charge in [0.25, 0.3) is 0 Å². The summed E-state index contributed by atoms with van der Waals surface area (Å²) >= 11 is 0. The van der Waals surface area contributed by atoms with Gasteiger partial charge in [-0.25, -0.2) is 0 Å². The van der Waals surface area contributed by atoms with E-state index in [4.69, 9.17) is 9.47 Å². The first kappa shape index (κ1) is 10.9. The summed E-state index contributed by atoms with van der Waals surface area (Å²) in [5.41, 5.74) is 1.29. The van der Waals surface area contributed by atoms with E-state index in [1.807, 2.05) is 6.07 Å². The van der Waals surface area contributed by atoms with Gasteiger partial charge >= 0.3 is 0 Å². The molecule has 3 rings (SSSR count). The van der Waals surface area contributed by atoms with Gasteiger partial charge in [-0.15, -0.1) is 0 Å². The third kappa shape index (κ3) is 2.55. The van der Waals surface area contributed by atoms with Crippen LogP contribution < -0.4 is 9.64 Å². The van der Waals surface area contributed by atoms with Gasteiger partial charge in [0.15, 0.2) is 0 Å². The molecular formula is C14H19NO2. The highest BCUT2D eigenvalue weighted by Gasteiger charge is 2.20. The van der Waals surface area contributed by atoms with Crippen LogP contribution in [0, 0.1) is 0 Å². The molecule has 2 heterocycles. The first-order valence-electron chi connectivity index (χ1n) is 6.51. The van der Waals surface area contributed by atoms with Gasteiger partial charge in [-0.1, -0.05) is 6.07 Å². The van der Waals surface area contributed by atoms with E-state index < -0.39 is 0 Å². The Hall–Kier alpha value is -1.22. The Bertz CT molecular complexity index is 370. The quantitative estimate of drug-likeness (QED) is 0.800. The number of rotatable bonds is 3. The smallest absolute Gasteiger partial charge is 0.145 e. The Morgan fingerprint density at radius 1 is 1.12 bits per heavy atom. The van der Waals surface area contributed by atoms with E-state index in [1.54, 1.807) is 0 Å². The van der Waals surface area contributed by atoms with Crippen molar-refractivity contribution in [1.82, 2.24) is 0 Å². The first-order valence-corrected chi connectivity index (χ1v) is 6.51. The van der Waals surface area contributed by atoms with Gasteiger partial charge in [0, 0.05) is 24.8 Å². The Morgan fingerprint density at radius 2 is 1.94 bits per heavy atom. The standard InChI is InChI=1S/C14H19NO2/c1-2-7-15(8-3-1)12-5-4-6-13(9-12)17-14-10-16-11-14/h4-6,9,14H,1-3,7-8,10-11H2. The second kappa shape index (κ2) is 4.96. The molecule has 0 unspecified atom stereocenters. The predicted molar refractivity (Wildman–Crippen MR) is 67.7 cm³/mol. The minimum atomic E-state index is 0.256. The number of ether oxygens (including phenoxy) is 2. The Balaban J connectivity index is 1.68. The lowest BCUT2D eigenvalue weighted by atomic mass is 10.1. The fraction of sp³-hybridized carbons (Fsp3) is 0.571. The minimum absolute atomic E-state index is 0.256. The summed E-state index contributed by atoms with van der Waals surface area (Å²) in [6.07, 6.45) is 4.24. The molecule has 92 valence electrons. The van der Waals surface area contributed by atoms with Crippen LogP contribution in [0.25, 0.3) is 0 Å². The van der Waals surface area contributed by atoms with E-state index in [1.165, 1.54) is 38.0 Å². The van der Waals surface area contributed by atoms with Crippen LogP contribution in [0.4, 0.5) is 5.69 Å². The number of piperidine rings is 1. The molecule has 2 fully saturated rings. The van der Waals surface area contributed by atoms with Crippen molar-refractivity contribution < 1.29 is 9.47 Å².